The van der Waals surface area contributed by atoms with E-state index >= 15 is 0 Å². The van der Waals surface area contributed by atoms with Gasteiger partial charge in [-0.25, -0.2) is 4.79 Å². The standard InChI is InChI=1S/C25H30NO4/c1-19-24(29-15-9-14-20-10-5-3-6-11-20)22(16-21-12-7-4-8-13-21)17-28-18-23(26-2)25(27)30-19/h2-8,10-13,19,22-24H,9,14-18H2,1H3/q+1/t19-,22-,23-,24-/m0/s1. The molecule has 0 aliphatic carbocycles. The van der Waals surface area contributed by atoms with E-state index in [0.717, 1.165) is 19.3 Å². The molecule has 0 saturated carbocycles. The normalized spacial score (nSPS) is 24.7. The lowest BCUT2D eigenvalue weighted by molar-refractivity contribution is -0.158. The Hall–Kier alpha value is -2.68. The van der Waals surface area contributed by atoms with Crippen molar-refractivity contribution in [1.82, 2.24) is 0 Å². The summed E-state index contributed by atoms with van der Waals surface area (Å²) in [5.41, 5.74) is 2.48. The number of carbonyl (C=O) groups is 1. The third-order valence-electron chi connectivity index (χ3n) is 5.39. The maximum atomic E-state index is 12.4. The molecule has 0 unspecified atom stereocenters. The summed E-state index contributed by atoms with van der Waals surface area (Å²) in [4.78, 5) is 16.0. The van der Waals surface area contributed by atoms with Gasteiger partial charge in [-0.15, -0.1) is 0 Å². The number of cyclic esters (lactones) is 1. The highest BCUT2D eigenvalue weighted by Crippen LogP contribution is 2.23. The van der Waals surface area contributed by atoms with Crippen molar-refractivity contribution >= 4 is 5.97 Å². The first-order valence-corrected chi connectivity index (χ1v) is 10.5. The smallest absolute Gasteiger partial charge is 0.397 e. The van der Waals surface area contributed by atoms with Gasteiger partial charge in [0.2, 0.25) is 0 Å². The van der Waals surface area contributed by atoms with Crippen molar-refractivity contribution in [3.05, 3.63) is 76.6 Å². The largest absolute Gasteiger partial charge is 0.454 e. The lowest BCUT2D eigenvalue weighted by Crippen LogP contribution is -2.40. The van der Waals surface area contributed by atoms with Crippen LogP contribution in [-0.4, -0.2) is 44.0 Å². The van der Waals surface area contributed by atoms with Gasteiger partial charge in [-0.05, 0) is 37.3 Å². The summed E-state index contributed by atoms with van der Waals surface area (Å²) in [5.74, 6) is -0.424. The third-order valence-corrected chi connectivity index (χ3v) is 5.39. The van der Waals surface area contributed by atoms with Crippen LogP contribution in [-0.2, 0) is 31.8 Å². The van der Waals surface area contributed by atoms with E-state index in [4.69, 9.17) is 20.8 Å². The van der Waals surface area contributed by atoms with Crippen LogP contribution >= 0.6 is 0 Å². The molecule has 158 valence electrons. The molecule has 0 radical (unpaired) electrons. The predicted octanol–water partition coefficient (Wildman–Crippen LogP) is 4.16. The van der Waals surface area contributed by atoms with Gasteiger partial charge in [0.15, 0.2) is 0 Å². The molecule has 1 fully saturated rings. The number of aryl methyl sites for hydroxylation is 1. The average Bonchev–Trinajstić information content (AvgIpc) is 2.81. The zero-order chi connectivity index (χ0) is 21.2. The molecule has 0 amide bonds. The molecule has 4 atom stereocenters. The second-order valence-corrected chi connectivity index (χ2v) is 7.72. The fourth-order valence-electron chi connectivity index (χ4n) is 3.81. The van der Waals surface area contributed by atoms with E-state index in [9.17, 15) is 4.79 Å². The second kappa shape index (κ2) is 11.5. The van der Waals surface area contributed by atoms with Crippen molar-refractivity contribution in [3.8, 4) is 6.57 Å². The Morgan fingerprint density at radius 3 is 2.37 bits per heavy atom. The van der Waals surface area contributed by atoms with Crippen molar-refractivity contribution in [2.24, 2.45) is 5.92 Å². The lowest BCUT2D eigenvalue weighted by Gasteiger charge is -2.30. The van der Waals surface area contributed by atoms with Crippen LogP contribution in [0.25, 0.3) is 4.85 Å². The lowest BCUT2D eigenvalue weighted by atomic mass is 9.91. The molecule has 2 aromatic carbocycles. The summed E-state index contributed by atoms with van der Waals surface area (Å²) < 4.78 is 17.8. The molecule has 0 bridgehead atoms. The van der Waals surface area contributed by atoms with Gasteiger partial charge in [0.05, 0.1) is 12.7 Å². The van der Waals surface area contributed by atoms with Crippen LogP contribution in [0.15, 0.2) is 60.7 Å². The number of hydrogen-bond acceptors (Lipinski definition) is 4. The number of esters is 1. The molecule has 1 aliphatic rings. The van der Waals surface area contributed by atoms with E-state index in [1.54, 1.807) is 0 Å². The molecule has 1 aliphatic heterocycles. The van der Waals surface area contributed by atoms with Gasteiger partial charge < -0.3 is 14.2 Å². The van der Waals surface area contributed by atoms with Crippen molar-refractivity contribution in [2.75, 3.05) is 19.8 Å². The SMILES string of the molecule is C#[N+][C@H]1COC[C@H](Cc2ccccc2)[C@@H](OCCCc2ccccc2)[C@H](C)OC1=O. The number of hydrogen-bond donors (Lipinski definition) is 0. The minimum atomic E-state index is -0.804. The average molecular weight is 409 g/mol. The highest BCUT2D eigenvalue weighted by atomic mass is 16.6. The maximum Gasteiger partial charge on any atom is 0.397 e. The van der Waals surface area contributed by atoms with Crippen molar-refractivity contribution in [1.29, 1.82) is 0 Å². The molecular formula is C25H30NO4+. The molecule has 1 saturated heterocycles. The number of rotatable bonds is 7. The van der Waals surface area contributed by atoms with Gasteiger partial charge >= 0.3 is 12.0 Å². The molecule has 1 heterocycles. The Morgan fingerprint density at radius 2 is 1.70 bits per heavy atom. The van der Waals surface area contributed by atoms with Crippen LogP contribution in [0.4, 0.5) is 0 Å². The molecule has 3 rings (SSSR count). The quantitative estimate of drug-likeness (QED) is 0.510. The van der Waals surface area contributed by atoms with Crippen LogP contribution < -0.4 is 0 Å². The second-order valence-electron chi connectivity index (χ2n) is 7.72. The fraction of sp³-hybridized carbons (Fsp3) is 0.440. The van der Waals surface area contributed by atoms with Crippen LogP contribution in [0.2, 0.25) is 0 Å². The molecule has 0 N–H and O–H groups in total. The highest BCUT2D eigenvalue weighted by Gasteiger charge is 2.38. The monoisotopic (exact) mass is 408 g/mol. The van der Waals surface area contributed by atoms with E-state index in [0.29, 0.717) is 13.2 Å². The minimum absolute atomic E-state index is 0.0449. The summed E-state index contributed by atoms with van der Waals surface area (Å²) in [6.45, 7) is 8.39. The number of carbonyl (C=O) groups excluding carboxylic acids is 1. The Morgan fingerprint density at radius 1 is 1.03 bits per heavy atom. The highest BCUT2D eigenvalue weighted by molar-refractivity contribution is 5.78. The first kappa shape index (κ1) is 22.0. The Balaban J connectivity index is 1.68. The van der Waals surface area contributed by atoms with Crippen molar-refractivity contribution < 1.29 is 19.0 Å². The molecule has 0 aromatic heterocycles. The fourth-order valence-corrected chi connectivity index (χ4v) is 3.81. The molecular weight excluding hydrogens is 378 g/mol. The van der Waals surface area contributed by atoms with Crippen molar-refractivity contribution in [3.63, 3.8) is 0 Å². The molecule has 30 heavy (non-hydrogen) atoms. The number of nitrogens with zero attached hydrogens (tertiary/aromatic N) is 1. The summed E-state index contributed by atoms with van der Waals surface area (Å²) in [7, 11) is 0. The molecule has 2 aromatic rings. The van der Waals surface area contributed by atoms with E-state index in [1.807, 2.05) is 43.3 Å². The van der Waals surface area contributed by atoms with Crippen LogP contribution in [0.5, 0.6) is 0 Å². The van der Waals surface area contributed by atoms with Gasteiger partial charge in [0, 0.05) is 12.5 Å². The third kappa shape index (κ3) is 6.41. The summed E-state index contributed by atoms with van der Waals surface area (Å²) in [6, 6.07) is 19.8. The zero-order valence-electron chi connectivity index (χ0n) is 17.5. The topological polar surface area (TPSA) is 49.1 Å². The first-order chi connectivity index (χ1) is 14.7. The van der Waals surface area contributed by atoms with E-state index in [2.05, 4.69) is 29.1 Å². The Kier molecular flexibility index (Phi) is 8.43. The van der Waals surface area contributed by atoms with Gasteiger partial charge in [-0.2, -0.15) is 0 Å². The van der Waals surface area contributed by atoms with Crippen LogP contribution in [0, 0.1) is 12.5 Å². The molecule has 5 heteroatoms. The van der Waals surface area contributed by atoms with Gasteiger partial charge in [0.25, 0.3) is 6.57 Å². The van der Waals surface area contributed by atoms with Crippen LogP contribution in [0.1, 0.15) is 24.5 Å². The van der Waals surface area contributed by atoms with Gasteiger partial charge in [-0.1, -0.05) is 65.5 Å². The Labute approximate surface area is 178 Å². The number of benzene rings is 2. The van der Waals surface area contributed by atoms with Gasteiger partial charge in [0.1, 0.15) is 12.7 Å². The van der Waals surface area contributed by atoms with Crippen molar-refractivity contribution in [2.45, 2.75) is 44.4 Å². The van der Waals surface area contributed by atoms with Crippen LogP contribution in [0.3, 0.4) is 0 Å². The zero-order valence-corrected chi connectivity index (χ0v) is 17.5. The molecule has 0 spiro atoms. The summed E-state index contributed by atoms with van der Waals surface area (Å²) >= 11 is 0. The summed E-state index contributed by atoms with van der Waals surface area (Å²) in [6.07, 6.45) is 1.91. The maximum absolute atomic E-state index is 12.4. The first-order valence-electron chi connectivity index (χ1n) is 10.5. The minimum Gasteiger partial charge on any atom is -0.454 e. The summed E-state index contributed by atoms with van der Waals surface area (Å²) in [5, 5.41) is 0. The Bertz CT molecular complexity index is 818. The molecule has 5 nitrogen and oxygen atoms in total. The van der Waals surface area contributed by atoms with E-state index < -0.39 is 18.1 Å². The van der Waals surface area contributed by atoms with Gasteiger partial charge in [-0.3, -0.25) is 0 Å². The van der Waals surface area contributed by atoms with E-state index in [1.165, 1.54) is 11.1 Å². The van der Waals surface area contributed by atoms with E-state index in [-0.39, 0.29) is 18.6 Å². The number of ether oxygens (including phenoxy) is 3. The predicted molar refractivity (Wildman–Crippen MR) is 117 cm³/mol.